The first-order valence-corrected chi connectivity index (χ1v) is 7.04. The predicted molar refractivity (Wildman–Crippen MR) is 77.8 cm³/mol. The Morgan fingerprint density at radius 3 is 2.89 bits per heavy atom. The maximum Gasteiger partial charge on any atom is 0.224 e. The van der Waals surface area contributed by atoms with Crippen LogP contribution in [0.25, 0.3) is 0 Å². The maximum absolute atomic E-state index is 11.8. The Labute approximate surface area is 115 Å². The summed E-state index contributed by atoms with van der Waals surface area (Å²) in [6.07, 6.45) is 3.02. The largest absolute Gasteiger partial charge is 0.399 e. The molecule has 4 heteroatoms. The molecule has 104 valence electrons. The van der Waals surface area contributed by atoms with E-state index in [-0.39, 0.29) is 5.91 Å². The molecular weight excluding hydrogens is 238 g/mol. The molecule has 1 fully saturated rings. The smallest absolute Gasteiger partial charge is 0.224 e. The molecule has 0 aromatic heterocycles. The second kappa shape index (κ2) is 6.57. The third-order valence-electron chi connectivity index (χ3n) is 3.51. The van der Waals surface area contributed by atoms with Gasteiger partial charge in [-0.2, -0.15) is 0 Å². The van der Waals surface area contributed by atoms with E-state index in [0.717, 1.165) is 31.2 Å². The van der Waals surface area contributed by atoms with E-state index in [1.54, 1.807) is 0 Å². The monoisotopic (exact) mass is 261 g/mol. The molecule has 0 spiro atoms. The number of hydrogen-bond acceptors (Lipinski definition) is 3. The average Bonchev–Trinajstić information content (AvgIpc) is 3.19. The quantitative estimate of drug-likeness (QED) is 0.730. The molecule has 1 aliphatic rings. The Morgan fingerprint density at radius 2 is 2.26 bits per heavy atom. The van der Waals surface area contributed by atoms with Crippen molar-refractivity contribution >= 4 is 11.6 Å². The number of carbonyl (C=O) groups excluding carboxylic acids is 1. The lowest BCUT2D eigenvalue weighted by atomic mass is 10.1. The third-order valence-corrected chi connectivity index (χ3v) is 3.51. The van der Waals surface area contributed by atoms with Gasteiger partial charge in [0, 0.05) is 24.8 Å². The summed E-state index contributed by atoms with van der Waals surface area (Å²) < 4.78 is 0. The average molecular weight is 261 g/mol. The molecule has 2 rings (SSSR count). The van der Waals surface area contributed by atoms with Crippen molar-refractivity contribution in [2.75, 3.05) is 25.4 Å². The summed E-state index contributed by atoms with van der Waals surface area (Å²) in [5.74, 6) is 0.0671. The number of benzene rings is 1. The Hall–Kier alpha value is -1.55. The van der Waals surface area contributed by atoms with Gasteiger partial charge in [-0.3, -0.25) is 9.69 Å². The molecule has 0 radical (unpaired) electrons. The van der Waals surface area contributed by atoms with Gasteiger partial charge in [-0.15, -0.1) is 0 Å². The number of hydrogen-bond donors (Lipinski definition) is 2. The Morgan fingerprint density at radius 1 is 1.47 bits per heavy atom. The summed E-state index contributed by atoms with van der Waals surface area (Å²) in [7, 11) is 0. The van der Waals surface area contributed by atoms with Gasteiger partial charge in [-0.1, -0.05) is 19.1 Å². The number of amides is 1. The van der Waals surface area contributed by atoms with Gasteiger partial charge in [-0.05, 0) is 37.1 Å². The van der Waals surface area contributed by atoms with E-state index >= 15 is 0 Å². The van der Waals surface area contributed by atoms with Crippen LogP contribution < -0.4 is 11.1 Å². The molecule has 19 heavy (non-hydrogen) atoms. The minimum absolute atomic E-state index is 0.0671. The van der Waals surface area contributed by atoms with Crippen molar-refractivity contribution in [1.82, 2.24) is 10.2 Å². The van der Waals surface area contributed by atoms with Crippen molar-refractivity contribution in [3.05, 3.63) is 29.8 Å². The van der Waals surface area contributed by atoms with Crippen molar-refractivity contribution in [3.63, 3.8) is 0 Å². The number of nitrogen functional groups attached to an aromatic ring is 1. The molecule has 1 amide bonds. The van der Waals surface area contributed by atoms with Crippen LogP contribution in [-0.2, 0) is 11.2 Å². The summed E-state index contributed by atoms with van der Waals surface area (Å²) in [6, 6.07) is 8.25. The van der Waals surface area contributed by atoms with E-state index in [1.165, 1.54) is 12.8 Å². The van der Waals surface area contributed by atoms with Crippen LogP contribution in [0, 0.1) is 0 Å². The molecule has 3 N–H and O–H groups in total. The van der Waals surface area contributed by atoms with Crippen LogP contribution in [0.15, 0.2) is 24.3 Å². The number of carbonyl (C=O) groups is 1. The zero-order valence-corrected chi connectivity index (χ0v) is 11.6. The molecule has 0 heterocycles. The summed E-state index contributed by atoms with van der Waals surface area (Å²) in [4.78, 5) is 14.2. The standard InChI is InChI=1S/C15H23N3O/c1-2-18(14-6-7-14)9-8-17-15(19)11-12-4-3-5-13(16)10-12/h3-5,10,14H,2,6-9,11,16H2,1H3,(H,17,19). The van der Waals surface area contributed by atoms with Crippen LogP contribution in [0.1, 0.15) is 25.3 Å². The van der Waals surface area contributed by atoms with Crippen molar-refractivity contribution in [2.24, 2.45) is 0 Å². The molecule has 0 saturated heterocycles. The number of likely N-dealkylation sites (N-methyl/N-ethyl adjacent to an activating group) is 1. The highest BCUT2D eigenvalue weighted by atomic mass is 16.1. The molecule has 1 aromatic rings. The number of nitrogens with one attached hydrogen (secondary N) is 1. The van der Waals surface area contributed by atoms with Crippen molar-refractivity contribution < 1.29 is 4.79 Å². The lowest BCUT2D eigenvalue weighted by Gasteiger charge is -2.19. The van der Waals surface area contributed by atoms with Crippen molar-refractivity contribution in [2.45, 2.75) is 32.2 Å². The predicted octanol–water partition coefficient (Wildman–Crippen LogP) is 1.41. The summed E-state index contributed by atoms with van der Waals surface area (Å²) >= 11 is 0. The highest BCUT2D eigenvalue weighted by molar-refractivity contribution is 5.78. The molecule has 0 atom stereocenters. The first-order valence-electron chi connectivity index (χ1n) is 7.04. The van der Waals surface area contributed by atoms with E-state index < -0.39 is 0 Å². The Balaban J connectivity index is 1.69. The fraction of sp³-hybridized carbons (Fsp3) is 0.533. The van der Waals surface area contributed by atoms with Crippen LogP contribution >= 0.6 is 0 Å². The normalized spacial score (nSPS) is 14.6. The SMILES string of the molecule is CCN(CCNC(=O)Cc1cccc(N)c1)C1CC1. The van der Waals surface area contributed by atoms with Gasteiger partial charge in [0.05, 0.1) is 6.42 Å². The fourth-order valence-electron chi connectivity index (χ4n) is 2.33. The summed E-state index contributed by atoms with van der Waals surface area (Å²) in [6.45, 7) is 4.91. The highest BCUT2D eigenvalue weighted by Crippen LogP contribution is 2.25. The zero-order valence-electron chi connectivity index (χ0n) is 11.6. The van der Waals surface area contributed by atoms with Crippen molar-refractivity contribution in [1.29, 1.82) is 0 Å². The van der Waals surface area contributed by atoms with Gasteiger partial charge in [0.2, 0.25) is 5.91 Å². The van der Waals surface area contributed by atoms with Crippen molar-refractivity contribution in [3.8, 4) is 0 Å². The van der Waals surface area contributed by atoms with Crippen LogP contribution in [-0.4, -0.2) is 36.5 Å². The second-order valence-electron chi connectivity index (χ2n) is 5.13. The fourth-order valence-corrected chi connectivity index (χ4v) is 2.33. The van der Waals surface area contributed by atoms with Crippen LogP contribution in [0.3, 0.4) is 0 Å². The lowest BCUT2D eigenvalue weighted by Crippen LogP contribution is -2.36. The highest BCUT2D eigenvalue weighted by Gasteiger charge is 2.27. The minimum Gasteiger partial charge on any atom is -0.399 e. The molecular formula is C15H23N3O. The van der Waals surface area contributed by atoms with Gasteiger partial charge < -0.3 is 11.1 Å². The Bertz CT molecular complexity index is 429. The zero-order chi connectivity index (χ0) is 13.7. The Kier molecular flexibility index (Phi) is 4.80. The van der Waals surface area contributed by atoms with Crippen LogP contribution in [0.5, 0.6) is 0 Å². The molecule has 4 nitrogen and oxygen atoms in total. The first kappa shape index (κ1) is 13.9. The number of anilines is 1. The van der Waals surface area contributed by atoms with E-state index in [0.29, 0.717) is 12.1 Å². The second-order valence-corrected chi connectivity index (χ2v) is 5.13. The number of rotatable bonds is 7. The topological polar surface area (TPSA) is 58.4 Å². The van der Waals surface area contributed by atoms with E-state index in [9.17, 15) is 4.79 Å². The molecule has 0 bridgehead atoms. The maximum atomic E-state index is 11.8. The summed E-state index contributed by atoms with van der Waals surface area (Å²) in [5.41, 5.74) is 7.36. The molecule has 1 aromatic carbocycles. The molecule has 1 aliphatic carbocycles. The van der Waals surface area contributed by atoms with E-state index in [2.05, 4.69) is 17.1 Å². The van der Waals surface area contributed by atoms with Gasteiger partial charge in [-0.25, -0.2) is 0 Å². The van der Waals surface area contributed by atoms with Gasteiger partial charge in [0.15, 0.2) is 0 Å². The lowest BCUT2D eigenvalue weighted by molar-refractivity contribution is -0.120. The molecule has 0 aliphatic heterocycles. The van der Waals surface area contributed by atoms with Gasteiger partial charge >= 0.3 is 0 Å². The molecule has 0 unspecified atom stereocenters. The van der Waals surface area contributed by atoms with Gasteiger partial charge in [0.25, 0.3) is 0 Å². The summed E-state index contributed by atoms with van der Waals surface area (Å²) in [5, 5.41) is 2.98. The van der Waals surface area contributed by atoms with E-state index in [1.807, 2.05) is 24.3 Å². The number of nitrogens with zero attached hydrogens (tertiary/aromatic N) is 1. The van der Waals surface area contributed by atoms with E-state index in [4.69, 9.17) is 5.73 Å². The minimum atomic E-state index is 0.0671. The molecule has 1 saturated carbocycles. The van der Waals surface area contributed by atoms with Crippen LogP contribution in [0.4, 0.5) is 5.69 Å². The van der Waals surface area contributed by atoms with Gasteiger partial charge in [0.1, 0.15) is 0 Å². The van der Waals surface area contributed by atoms with Crippen LogP contribution in [0.2, 0.25) is 0 Å². The third kappa shape index (κ3) is 4.56. The number of nitrogens with two attached hydrogens (primary N) is 1. The first-order chi connectivity index (χ1) is 9.19.